The Hall–Kier alpha value is -0.380. The maximum Gasteiger partial charge on any atom is 0.0791 e. The molecule has 0 aromatic carbocycles. The summed E-state index contributed by atoms with van der Waals surface area (Å²) in [6, 6.07) is 0. The van der Waals surface area contributed by atoms with E-state index in [1.807, 2.05) is 0 Å². The van der Waals surface area contributed by atoms with E-state index in [0.29, 0.717) is 0 Å². The monoisotopic (exact) mass is 266 g/mol. The summed E-state index contributed by atoms with van der Waals surface area (Å²) in [6.45, 7) is 7.28. The molecule has 110 valence electrons. The number of hydrogen-bond acceptors (Lipinski definition) is 3. The minimum absolute atomic E-state index is 0.215. The molecule has 0 amide bonds. The molecule has 19 heavy (non-hydrogen) atoms. The van der Waals surface area contributed by atoms with E-state index in [1.165, 1.54) is 32.1 Å². The largest absolute Gasteiger partial charge is 0.390 e. The van der Waals surface area contributed by atoms with Crippen molar-refractivity contribution >= 4 is 0 Å². The number of aliphatic hydroxyl groups excluding tert-OH is 1. The number of hydrogen-bond donors (Lipinski definition) is 2. The zero-order valence-electron chi connectivity index (χ0n) is 12.4. The molecule has 0 radical (unpaired) electrons. The van der Waals surface area contributed by atoms with Gasteiger partial charge < -0.3 is 15.3 Å². The molecule has 1 saturated heterocycles. The molecule has 1 aliphatic carbocycles. The average Bonchev–Trinajstić information content (AvgIpc) is 2.43. The predicted molar refractivity (Wildman–Crippen MR) is 80.2 cm³/mol. The van der Waals surface area contributed by atoms with Crippen molar-refractivity contribution in [2.24, 2.45) is 11.8 Å². The Labute approximate surface area is 118 Å². The lowest BCUT2D eigenvalue weighted by Crippen LogP contribution is -2.42. The fraction of sp³-hybridized carbons (Fsp3) is 0.875. The molecular weight excluding hydrogens is 236 g/mol. The summed E-state index contributed by atoms with van der Waals surface area (Å²) in [5, 5.41) is 13.5. The van der Waals surface area contributed by atoms with Gasteiger partial charge in [0, 0.05) is 13.1 Å². The summed E-state index contributed by atoms with van der Waals surface area (Å²) in [6.07, 6.45) is 10.7. The Morgan fingerprint density at radius 2 is 2.05 bits per heavy atom. The van der Waals surface area contributed by atoms with Gasteiger partial charge in [-0.1, -0.05) is 19.1 Å². The van der Waals surface area contributed by atoms with Gasteiger partial charge in [-0.3, -0.25) is 0 Å². The Morgan fingerprint density at radius 3 is 2.74 bits per heavy atom. The summed E-state index contributed by atoms with van der Waals surface area (Å²) in [4.78, 5) is 2.41. The lowest BCUT2D eigenvalue weighted by Gasteiger charge is -2.31. The molecule has 1 aliphatic heterocycles. The second kappa shape index (κ2) is 8.03. The zero-order chi connectivity index (χ0) is 13.5. The summed E-state index contributed by atoms with van der Waals surface area (Å²) in [7, 11) is 0. The van der Waals surface area contributed by atoms with Gasteiger partial charge in [-0.15, -0.1) is 0 Å². The van der Waals surface area contributed by atoms with Crippen molar-refractivity contribution < 1.29 is 5.11 Å². The molecule has 3 heteroatoms. The lowest BCUT2D eigenvalue weighted by molar-refractivity contribution is 0.0901. The first-order chi connectivity index (χ1) is 9.24. The highest BCUT2D eigenvalue weighted by Gasteiger charge is 2.18. The van der Waals surface area contributed by atoms with E-state index in [9.17, 15) is 5.11 Å². The number of aliphatic hydroxyl groups is 1. The van der Waals surface area contributed by atoms with E-state index in [1.54, 1.807) is 0 Å². The predicted octanol–water partition coefficient (Wildman–Crippen LogP) is 2.03. The van der Waals surface area contributed by atoms with Crippen molar-refractivity contribution in [1.29, 1.82) is 0 Å². The lowest BCUT2D eigenvalue weighted by atomic mass is 9.94. The Bertz CT molecular complexity index is 272. The van der Waals surface area contributed by atoms with Crippen LogP contribution in [0.3, 0.4) is 0 Å². The SMILES string of the molecule is CC1CCN(C[C@@H](O)CNC[C@@H]2CC=CCC2)CC1. The van der Waals surface area contributed by atoms with E-state index in [4.69, 9.17) is 0 Å². The van der Waals surface area contributed by atoms with Crippen LogP contribution in [0.2, 0.25) is 0 Å². The van der Waals surface area contributed by atoms with Gasteiger partial charge in [-0.2, -0.15) is 0 Å². The smallest absolute Gasteiger partial charge is 0.0791 e. The van der Waals surface area contributed by atoms with Gasteiger partial charge in [0.1, 0.15) is 0 Å². The third-order valence-corrected chi connectivity index (χ3v) is 4.54. The number of nitrogens with one attached hydrogen (secondary N) is 1. The number of β-amino-alcohol motifs (C(OH)–C–C–N with tert-alkyl or cyclic N) is 1. The summed E-state index contributed by atoms with van der Waals surface area (Å²) in [5.41, 5.74) is 0. The third kappa shape index (κ3) is 5.64. The van der Waals surface area contributed by atoms with Gasteiger partial charge in [0.15, 0.2) is 0 Å². The fourth-order valence-electron chi connectivity index (χ4n) is 3.10. The minimum Gasteiger partial charge on any atom is -0.390 e. The van der Waals surface area contributed by atoms with Gasteiger partial charge in [0.25, 0.3) is 0 Å². The summed E-state index contributed by atoms with van der Waals surface area (Å²) >= 11 is 0. The van der Waals surface area contributed by atoms with E-state index < -0.39 is 0 Å². The second-order valence-corrected chi connectivity index (χ2v) is 6.45. The van der Waals surface area contributed by atoms with Crippen molar-refractivity contribution in [3.05, 3.63) is 12.2 Å². The van der Waals surface area contributed by atoms with Crippen LogP contribution < -0.4 is 5.32 Å². The topological polar surface area (TPSA) is 35.5 Å². The Morgan fingerprint density at radius 1 is 1.26 bits per heavy atom. The Balaban J connectivity index is 1.54. The molecule has 2 N–H and O–H groups in total. The van der Waals surface area contributed by atoms with E-state index in [0.717, 1.165) is 44.6 Å². The van der Waals surface area contributed by atoms with Crippen molar-refractivity contribution in [3.63, 3.8) is 0 Å². The molecule has 2 aliphatic rings. The molecule has 1 heterocycles. The van der Waals surface area contributed by atoms with Crippen LogP contribution in [0.15, 0.2) is 12.2 Å². The number of nitrogens with zero attached hydrogens (tertiary/aromatic N) is 1. The van der Waals surface area contributed by atoms with E-state index >= 15 is 0 Å². The third-order valence-electron chi connectivity index (χ3n) is 4.54. The van der Waals surface area contributed by atoms with Crippen molar-refractivity contribution in [2.45, 2.75) is 45.1 Å². The number of piperidine rings is 1. The van der Waals surface area contributed by atoms with Crippen LogP contribution in [0.25, 0.3) is 0 Å². The van der Waals surface area contributed by atoms with Crippen LogP contribution in [-0.2, 0) is 0 Å². The average molecular weight is 266 g/mol. The normalized spacial score (nSPS) is 27.6. The van der Waals surface area contributed by atoms with Crippen LogP contribution >= 0.6 is 0 Å². The molecule has 0 unspecified atom stereocenters. The molecular formula is C16H30N2O. The van der Waals surface area contributed by atoms with Gasteiger partial charge >= 0.3 is 0 Å². The van der Waals surface area contributed by atoms with Gasteiger partial charge in [-0.05, 0) is 63.6 Å². The van der Waals surface area contributed by atoms with Crippen LogP contribution in [0.5, 0.6) is 0 Å². The highest BCUT2D eigenvalue weighted by atomic mass is 16.3. The van der Waals surface area contributed by atoms with Crippen LogP contribution in [-0.4, -0.2) is 48.8 Å². The van der Waals surface area contributed by atoms with Gasteiger partial charge in [0.2, 0.25) is 0 Å². The van der Waals surface area contributed by atoms with Gasteiger partial charge in [0.05, 0.1) is 6.10 Å². The molecule has 0 bridgehead atoms. The van der Waals surface area contributed by atoms with Crippen molar-refractivity contribution in [2.75, 3.05) is 32.7 Å². The number of rotatable bonds is 6. The van der Waals surface area contributed by atoms with Crippen LogP contribution in [0.4, 0.5) is 0 Å². The zero-order valence-corrected chi connectivity index (χ0v) is 12.4. The number of allylic oxidation sites excluding steroid dienone is 2. The quantitative estimate of drug-likeness (QED) is 0.722. The van der Waals surface area contributed by atoms with Crippen molar-refractivity contribution in [3.8, 4) is 0 Å². The van der Waals surface area contributed by atoms with Crippen LogP contribution in [0.1, 0.15) is 39.0 Å². The summed E-state index contributed by atoms with van der Waals surface area (Å²) < 4.78 is 0. The first-order valence-corrected chi connectivity index (χ1v) is 8.00. The summed E-state index contributed by atoms with van der Waals surface area (Å²) in [5.74, 6) is 1.64. The second-order valence-electron chi connectivity index (χ2n) is 6.45. The molecule has 0 spiro atoms. The molecule has 0 saturated carbocycles. The first-order valence-electron chi connectivity index (χ1n) is 8.00. The minimum atomic E-state index is -0.215. The van der Waals surface area contributed by atoms with E-state index in [-0.39, 0.29) is 6.10 Å². The molecule has 1 fully saturated rings. The fourth-order valence-corrected chi connectivity index (χ4v) is 3.10. The highest BCUT2D eigenvalue weighted by molar-refractivity contribution is 4.90. The van der Waals surface area contributed by atoms with Gasteiger partial charge in [-0.25, -0.2) is 0 Å². The maximum absolute atomic E-state index is 10.1. The van der Waals surface area contributed by atoms with E-state index in [2.05, 4.69) is 29.3 Å². The first kappa shape index (κ1) is 15.0. The standard InChI is InChI=1S/C16H30N2O/c1-14-7-9-18(10-8-14)13-16(19)12-17-11-15-5-3-2-4-6-15/h2-3,14-17,19H,4-13H2,1H3/t15-,16+/m1/s1. The van der Waals surface area contributed by atoms with Crippen molar-refractivity contribution in [1.82, 2.24) is 10.2 Å². The Kier molecular flexibility index (Phi) is 6.35. The molecule has 3 nitrogen and oxygen atoms in total. The molecule has 0 aromatic heterocycles. The highest BCUT2D eigenvalue weighted by Crippen LogP contribution is 2.17. The van der Waals surface area contributed by atoms with Crippen LogP contribution in [0, 0.1) is 11.8 Å². The molecule has 0 aromatic rings. The maximum atomic E-state index is 10.1. The molecule has 2 rings (SSSR count). The molecule has 2 atom stereocenters. The number of likely N-dealkylation sites (tertiary alicyclic amines) is 1.